The van der Waals surface area contributed by atoms with Gasteiger partial charge in [0, 0.05) is 11.7 Å². The average molecular weight is 306 g/mol. The van der Waals surface area contributed by atoms with Gasteiger partial charge in [-0.3, -0.25) is 0 Å². The fourth-order valence-electron chi connectivity index (χ4n) is 3.69. The normalized spacial score (nSPS) is 22.8. The van der Waals surface area contributed by atoms with Crippen LogP contribution in [0.3, 0.4) is 0 Å². The Morgan fingerprint density at radius 1 is 1.19 bits per heavy atom. The van der Waals surface area contributed by atoms with Crippen LogP contribution in [0.15, 0.2) is 12.1 Å². The Bertz CT molecular complexity index is 612. The third-order valence-electron chi connectivity index (χ3n) is 4.75. The summed E-state index contributed by atoms with van der Waals surface area (Å²) in [5, 5.41) is 0. The lowest BCUT2D eigenvalue weighted by atomic mass is 9.83. The maximum atomic E-state index is 6.13. The first-order valence-corrected chi connectivity index (χ1v) is 8.66. The highest BCUT2D eigenvalue weighted by Gasteiger charge is 2.25. The summed E-state index contributed by atoms with van der Waals surface area (Å²) in [6.45, 7) is 4.32. The van der Waals surface area contributed by atoms with Crippen LogP contribution in [0, 0.1) is 12.8 Å². The molecule has 3 nitrogen and oxygen atoms in total. The minimum atomic E-state index is 0.463. The molecule has 0 radical (unpaired) electrons. The van der Waals surface area contributed by atoms with Crippen LogP contribution in [0.4, 0.5) is 0 Å². The molecule has 1 saturated carbocycles. The maximum Gasteiger partial charge on any atom is 0.160 e. The molecule has 0 saturated heterocycles. The molecule has 2 aromatic heterocycles. The molecular weight excluding hydrogens is 282 g/mol. The van der Waals surface area contributed by atoms with Gasteiger partial charge in [0.25, 0.3) is 0 Å². The molecule has 1 aliphatic rings. The Labute approximate surface area is 131 Å². The van der Waals surface area contributed by atoms with Crippen molar-refractivity contribution in [3.8, 4) is 0 Å². The molecule has 21 heavy (non-hydrogen) atoms. The second-order valence-corrected chi connectivity index (χ2v) is 6.56. The molecule has 3 rings (SSSR count). The van der Waals surface area contributed by atoms with E-state index in [0.717, 1.165) is 28.6 Å². The smallest absolute Gasteiger partial charge is 0.160 e. The van der Waals surface area contributed by atoms with Crippen LogP contribution in [-0.2, 0) is 5.88 Å². The Morgan fingerprint density at radius 2 is 1.95 bits per heavy atom. The van der Waals surface area contributed by atoms with E-state index in [-0.39, 0.29) is 0 Å². The Morgan fingerprint density at radius 3 is 2.62 bits per heavy atom. The number of fused-ring (bicyclic) bond motifs is 1. The van der Waals surface area contributed by atoms with Crippen molar-refractivity contribution < 1.29 is 0 Å². The molecule has 0 spiro atoms. The predicted octanol–water partition coefficient (Wildman–Crippen LogP) is 5.01. The highest BCUT2D eigenvalue weighted by molar-refractivity contribution is 6.16. The zero-order chi connectivity index (χ0) is 14.8. The number of halogens is 1. The number of hydrogen-bond donors (Lipinski definition) is 0. The first kappa shape index (κ1) is 14.8. The van der Waals surface area contributed by atoms with E-state index in [9.17, 15) is 0 Å². The molecule has 1 aliphatic carbocycles. The van der Waals surface area contributed by atoms with Crippen LogP contribution in [0.25, 0.3) is 11.2 Å². The van der Waals surface area contributed by atoms with Crippen LogP contribution < -0.4 is 0 Å². The number of aryl methyl sites for hydroxylation is 1. The summed E-state index contributed by atoms with van der Waals surface area (Å²) in [6.07, 6.45) is 7.79. The van der Waals surface area contributed by atoms with E-state index in [4.69, 9.17) is 16.6 Å². The number of pyridine rings is 1. The first-order chi connectivity index (χ1) is 10.2. The van der Waals surface area contributed by atoms with Gasteiger partial charge >= 0.3 is 0 Å². The summed E-state index contributed by atoms with van der Waals surface area (Å²) in [6, 6.07) is 4.61. The number of rotatable bonds is 4. The van der Waals surface area contributed by atoms with Gasteiger partial charge in [0.2, 0.25) is 0 Å². The number of aromatic nitrogens is 3. The van der Waals surface area contributed by atoms with E-state index in [1.807, 2.05) is 13.0 Å². The predicted molar refractivity (Wildman–Crippen MR) is 87.7 cm³/mol. The topological polar surface area (TPSA) is 30.7 Å². The molecule has 2 aromatic rings. The van der Waals surface area contributed by atoms with Crippen LogP contribution in [-0.4, -0.2) is 14.5 Å². The molecule has 0 N–H and O–H groups in total. The van der Waals surface area contributed by atoms with Gasteiger partial charge in [-0.1, -0.05) is 19.8 Å². The summed E-state index contributed by atoms with van der Waals surface area (Å²) >= 11 is 6.13. The second kappa shape index (κ2) is 6.35. The van der Waals surface area contributed by atoms with Crippen molar-refractivity contribution in [2.24, 2.45) is 5.92 Å². The van der Waals surface area contributed by atoms with E-state index < -0.39 is 0 Å². The fourth-order valence-corrected chi connectivity index (χ4v) is 3.88. The van der Waals surface area contributed by atoms with Gasteiger partial charge < -0.3 is 4.57 Å². The van der Waals surface area contributed by atoms with Crippen molar-refractivity contribution >= 4 is 22.8 Å². The number of alkyl halides is 1. The van der Waals surface area contributed by atoms with Crippen molar-refractivity contribution in [1.29, 1.82) is 0 Å². The molecule has 0 aromatic carbocycles. The number of imidazole rings is 1. The minimum Gasteiger partial charge on any atom is -0.309 e. The number of nitrogens with zero attached hydrogens (tertiary/aromatic N) is 3. The highest BCUT2D eigenvalue weighted by atomic mass is 35.5. The summed E-state index contributed by atoms with van der Waals surface area (Å²) < 4.78 is 2.32. The standard InChI is InChI=1S/C17H24ClN3/c1-3-4-13-6-8-14(9-7-13)21-16(11-18)20-15-10-5-12(2)19-17(15)21/h5,10,13-14H,3-4,6-9,11H2,1-2H3. The molecular formula is C17H24ClN3. The molecule has 0 atom stereocenters. The van der Waals surface area contributed by atoms with E-state index in [2.05, 4.69) is 22.5 Å². The maximum absolute atomic E-state index is 6.13. The van der Waals surface area contributed by atoms with Crippen molar-refractivity contribution in [3.63, 3.8) is 0 Å². The van der Waals surface area contributed by atoms with Gasteiger partial charge in [0.1, 0.15) is 11.3 Å². The lowest BCUT2D eigenvalue weighted by molar-refractivity contribution is 0.263. The van der Waals surface area contributed by atoms with E-state index in [1.54, 1.807) is 0 Å². The average Bonchev–Trinajstić information content (AvgIpc) is 2.86. The van der Waals surface area contributed by atoms with Gasteiger partial charge in [-0.25, -0.2) is 9.97 Å². The zero-order valence-corrected chi connectivity index (χ0v) is 13.7. The van der Waals surface area contributed by atoms with Crippen molar-refractivity contribution in [2.75, 3.05) is 0 Å². The van der Waals surface area contributed by atoms with E-state index >= 15 is 0 Å². The number of hydrogen-bond acceptors (Lipinski definition) is 2. The van der Waals surface area contributed by atoms with E-state index in [0.29, 0.717) is 11.9 Å². The zero-order valence-electron chi connectivity index (χ0n) is 13.0. The molecule has 2 heterocycles. The van der Waals surface area contributed by atoms with Gasteiger partial charge in [-0.15, -0.1) is 11.6 Å². The van der Waals surface area contributed by atoms with Crippen molar-refractivity contribution in [2.45, 2.75) is 64.3 Å². The quantitative estimate of drug-likeness (QED) is 0.743. The van der Waals surface area contributed by atoms with Crippen LogP contribution >= 0.6 is 11.6 Å². The van der Waals surface area contributed by atoms with Gasteiger partial charge in [0.15, 0.2) is 5.65 Å². The van der Waals surface area contributed by atoms with Crippen molar-refractivity contribution in [3.05, 3.63) is 23.7 Å². The third kappa shape index (κ3) is 2.94. The lowest BCUT2D eigenvalue weighted by Crippen LogP contribution is -2.20. The van der Waals surface area contributed by atoms with Crippen LogP contribution in [0.5, 0.6) is 0 Å². The van der Waals surface area contributed by atoms with Gasteiger partial charge in [-0.05, 0) is 50.7 Å². The molecule has 114 valence electrons. The SMILES string of the molecule is CCCC1CCC(n2c(CCl)nc3ccc(C)nc32)CC1. The molecule has 4 heteroatoms. The second-order valence-electron chi connectivity index (χ2n) is 6.29. The van der Waals surface area contributed by atoms with Gasteiger partial charge in [-0.2, -0.15) is 0 Å². The summed E-state index contributed by atoms with van der Waals surface area (Å²) in [5.41, 5.74) is 3.04. The highest BCUT2D eigenvalue weighted by Crippen LogP contribution is 2.36. The Balaban J connectivity index is 1.91. The van der Waals surface area contributed by atoms with E-state index in [1.165, 1.54) is 38.5 Å². The molecule has 1 fully saturated rings. The third-order valence-corrected chi connectivity index (χ3v) is 4.99. The Kier molecular flexibility index (Phi) is 4.48. The van der Waals surface area contributed by atoms with Crippen molar-refractivity contribution in [1.82, 2.24) is 14.5 Å². The lowest BCUT2D eigenvalue weighted by Gasteiger charge is -2.30. The summed E-state index contributed by atoms with van der Waals surface area (Å²) in [7, 11) is 0. The molecule has 0 aliphatic heterocycles. The van der Waals surface area contributed by atoms with Gasteiger partial charge in [0.05, 0.1) is 5.88 Å². The first-order valence-electron chi connectivity index (χ1n) is 8.13. The Hall–Kier alpha value is -1.09. The summed E-state index contributed by atoms with van der Waals surface area (Å²) in [4.78, 5) is 9.39. The van der Waals surface area contributed by atoms with Crippen LogP contribution in [0.1, 0.15) is 63.0 Å². The summed E-state index contributed by atoms with van der Waals surface area (Å²) in [5.74, 6) is 2.35. The molecule has 0 unspecified atom stereocenters. The van der Waals surface area contributed by atoms with Crippen LogP contribution in [0.2, 0.25) is 0 Å². The molecule has 0 bridgehead atoms. The fraction of sp³-hybridized carbons (Fsp3) is 0.647. The molecule has 0 amide bonds. The largest absolute Gasteiger partial charge is 0.309 e. The monoisotopic (exact) mass is 305 g/mol. The minimum absolute atomic E-state index is 0.463.